The maximum atomic E-state index is 13.4. The van der Waals surface area contributed by atoms with Gasteiger partial charge in [0.25, 0.3) is 0 Å². The summed E-state index contributed by atoms with van der Waals surface area (Å²) in [4.78, 5) is 14.6. The van der Waals surface area contributed by atoms with Crippen LogP contribution in [0, 0.1) is 17.5 Å². The van der Waals surface area contributed by atoms with Crippen LogP contribution in [0.5, 0.6) is 0 Å². The number of carbonyl (C=O) groups is 1. The highest BCUT2D eigenvalue weighted by Gasteiger charge is 2.16. The smallest absolute Gasteiger partial charge is 0.337 e. The summed E-state index contributed by atoms with van der Waals surface area (Å²) in [6.45, 7) is 0. The molecule has 2 rings (SSSR count). The van der Waals surface area contributed by atoms with Crippen LogP contribution in [0.4, 0.5) is 24.5 Å². The zero-order valence-corrected chi connectivity index (χ0v) is 9.32. The Morgan fingerprint density at radius 2 is 1.84 bits per heavy atom. The average molecular weight is 268 g/mol. The van der Waals surface area contributed by atoms with Gasteiger partial charge in [0.2, 0.25) is 0 Å². The highest BCUT2D eigenvalue weighted by atomic mass is 19.2. The summed E-state index contributed by atoms with van der Waals surface area (Å²) in [5, 5.41) is 11.3. The van der Waals surface area contributed by atoms with E-state index in [9.17, 15) is 18.0 Å². The lowest BCUT2D eigenvalue weighted by Crippen LogP contribution is -2.05. The van der Waals surface area contributed by atoms with Crippen molar-refractivity contribution in [3.05, 3.63) is 53.6 Å². The molecule has 0 radical (unpaired) electrons. The Hall–Kier alpha value is -2.57. The monoisotopic (exact) mass is 268 g/mol. The first-order valence-electron chi connectivity index (χ1n) is 5.08. The SMILES string of the molecule is O=C(O)c1ccncc1Nc1ccc(F)c(F)c1F. The lowest BCUT2D eigenvalue weighted by atomic mass is 10.2. The van der Waals surface area contributed by atoms with Gasteiger partial charge in [-0.05, 0) is 18.2 Å². The summed E-state index contributed by atoms with van der Waals surface area (Å²) in [6.07, 6.45) is 2.39. The molecule has 0 aliphatic carbocycles. The lowest BCUT2D eigenvalue weighted by molar-refractivity contribution is 0.0698. The van der Waals surface area contributed by atoms with Crippen LogP contribution in [-0.4, -0.2) is 16.1 Å². The molecule has 2 aromatic rings. The van der Waals surface area contributed by atoms with Gasteiger partial charge in [0.05, 0.1) is 23.1 Å². The Balaban J connectivity index is 2.42. The van der Waals surface area contributed by atoms with E-state index in [1.807, 2.05) is 0 Å². The van der Waals surface area contributed by atoms with Crippen LogP contribution in [0.15, 0.2) is 30.6 Å². The number of carboxylic acids is 1. The highest BCUT2D eigenvalue weighted by Crippen LogP contribution is 2.25. The van der Waals surface area contributed by atoms with E-state index < -0.39 is 23.4 Å². The molecule has 4 nitrogen and oxygen atoms in total. The Labute approximate surface area is 105 Å². The van der Waals surface area contributed by atoms with Crippen LogP contribution < -0.4 is 5.32 Å². The molecule has 2 N–H and O–H groups in total. The maximum absolute atomic E-state index is 13.4. The Morgan fingerprint density at radius 1 is 1.11 bits per heavy atom. The number of aromatic nitrogens is 1. The van der Waals surface area contributed by atoms with E-state index in [-0.39, 0.29) is 16.9 Å². The molecule has 0 bridgehead atoms. The first-order valence-corrected chi connectivity index (χ1v) is 5.08. The van der Waals surface area contributed by atoms with Crippen LogP contribution in [0.2, 0.25) is 0 Å². The fraction of sp³-hybridized carbons (Fsp3) is 0. The molecule has 0 fully saturated rings. The molecule has 0 spiro atoms. The van der Waals surface area contributed by atoms with Crippen LogP contribution in [0.3, 0.4) is 0 Å². The van der Waals surface area contributed by atoms with E-state index >= 15 is 0 Å². The third kappa shape index (κ3) is 2.49. The van der Waals surface area contributed by atoms with Gasteiger partial charge in [-0.1, -0.05) is 0 Å². The van der Waals surface area contributed by atoms with Crippen LogP contribution in [0.1, 0.15) is 10.4 Å². The summed E-state index contributed by atoms with van der Waals surface area (Å²) in [6, 6.07) is 2.90. The van der Waals surface area contributed by atoms with E-state index in [1.54, 1.807) is 0 Å². The number of hydrogen-bond acceptors (Lipinski definition) is 3. The van der Waals surface area contributed by atoms with Gasteiger partial charge in [-0.3, -0.25) is 4.98 Å². The van der Waals surface area contributed by atoms with Gasteiger partial charge in [-0.2, -0.15) is 0 Å². The number of rotatable bonds is 3. The number of hydrogen-bond donors (Lipinski definition) is 2. The third-order valence-electron chi connectivity index (χ3n) is 2.36. The van der Waals surface area contributed by atoms with E-state index in [2.05, 4.69) is 10.3 Å². The fourth-order valence-electron chi connectivity index (χ4n) is 1.45. The molecule has 0 atom stereocenters. The first-order chi connectivity index (χ1) is 9.00. The van der Waals surface area contributed by atoms with Gasteiger partial charge in [-0.15, -0.1) is 0 Å². The number of carboxylic acid groups (broad SMARTS) is 1. The molecule has 0 saturated heterocycles. The molecule has 0 aliphatic rings. The predicted molar refractivity (Wildman–Crippen MR) is 60.8 cm³/mol. The predicted octanol–water partition coefficient (Wildman–Crippen LogP) is 2.94. The van der Waals surface area contributed by atoms with Crippen molar-refractivity contribution in [3.8, 4) is 0 Å². The van der Waals surface area contributed by atoms with Crippen molar-refractivity contribution in [2.24, 2.45) is 0 Å². The molecule has 0 unspecified atom stereocenters. The summed E-state index contributed by atoms with van der Waals surface area (Å²) in [7, 11) is 0. The van der Waals surface area contributed by atoms with Gasteiger partial charge >= 0.3 is 5.97 Å². The van der Waals surface area contributed by atoms with Crippen molar-refractivity contribution in [1.29, 1.82) is 0 Å². The zero-order valence-electron chi connectivity index (χ0n) is 9.32. The topological polar surface area (TPSA) is 62.2 Å². The van der Waals surface area contributed by atoms with E-state index in [0.29, 0.717) is 0 Å². The normalized spacial score (nSPS) is 10.3. The summed E-state index contributed by atoms with van der Waals surface area (Å²) >= 11 is 0. The minimum absolute atomic E-state index is 0.0279. The number of nitrogens with zero attached hydrogens (tertiary/aromatic N) is 1. The molecular formula is C12H7F3N2O2. The van der Waals surface area contributed by atoms with Gasteiger partial charge < -0.3 is 10.4 Å². The molecule has 1 aromatic heterocycles. The summed E-state index contributed by atoms with van der Waals surface area (Å²) < 4.78 is 39.2. The second kappa shape index (κ2) is 4.97. The standard InChI is InChI=1S/C12H7F3N2O2/c13-7-1-2-8(11(15)10(7)14)17-9-5-16-4-3-6(9)12(18)19/h1-5,17H,(H,18,19). The van der Waals surface area contributed by atoms with Crippen LogP contribution in [0.25, 0.3) is 0 Å². The zero-order chi connectivity index (χ0) is 14.0. The molecule has 0 amide bonds. The number of aromatic carboxylic acids is 1. The van der Waals surface area contributed by atoms with Crippen LogP contribution in [-0.2, 0) is 0 Å². The quantitative estimate of drug-likeness (QED) is 0.840. The van der Waals surface area contributed by atoms with Gasteiger partial charge in [0.1, 0.15) is 0 Å². The molecule has 7 heteroatoms. The molecular weight excluding hydrogens is 261 g/mol. The lowest BCUT2D eigenvalue weighted by Gasteiger charge is -2.10. The molecule has 1 aromatic carbocycles. The first kappa shape index (κ1) is 12.9. The Morgan fingerprint density at radius 3 is 2.53 bits per heavy atom. The molecule has 1 heterocycles. The third-order valence-corrected chi connectivity index (χ3v) is 2.36. The van der Waals surface area contributed by atoms with E-state index in [1.165, 1.54) is 12.3 Å². The van der Waals surface area contributed by atoms with E-state index in [0.717, 1.165) is 18.3 Å². The average Bonchev–Trinajstić information content (AvgIpc) is 2.40. The van der Waals surface area contributed by atoms with Crippen molar-refractivity contribution in [2.45, 2.75) is 0 Å². The number of benzene rings is 1. The van der Waals surface area contributed by atoms with Gasteiger partial charge in [0.15, 0.2) is 17.5 Å². The number of pyridine rings is 1. The van der Waals surface area contributed by atoms with Crippen molar-refractivity contribution in [1.82, 2.24) is 4.98 Å². The minimum atomic E-state index is -1.63. The van der Waals surface area contributed by atoms with Crippen LogP contribution >= 0.6 is 0 Å². The molecule has 98 valence electrons. The second-order valence-corrected chi connectivity index (χ2v) is 3.57. The molecule has 0 aliphatic heterocycles. The second-order valence-electron chi connectivity index (χ2n) is 3.57. The van der Waals surface area contributed by atoms with Crippen molar-refractivity contribution < 1.29 is 23.1 Å². The minimum Gasteiger partial charge on any atom is -0.478 e. The molecule has 19 heavy (non-hydrogen) atoms. The van der Waals surface area contributed by atoms with Gasteiger partial charge in [0, 0.05) is 6.20 Å². The van der Waals surface area contributed by atoms with Crippen molar-refractivity contribution in [3.63, 3.8) is 0 Å². The summed E-state index contributed by atoms with van der Waals surface area (Å²) in [5.41, 5.74) is -0.576. The maximum Gasteiger partial charge on any atom is 0.337 e. The fourth-order valence-corrected chi connectivity index (χ4v) is 1.45. The number of nitrogens with one attached hydrogen (secondary N) is 1. The van der Waals surface area contributed by atoms with Gasteiger partial charge in [-0.25, -0.2) is 18.0 Å². The van der Waals surface area contributed by atoms with E-state index in [4.69, 9.17) is 5.11 Å². The summed E-state index contributed by atoms with van der Waals surface area (Å²) in [5.74, 6) is -5.65. The number of anilines is 2. The Kier molecular flexibility index (Phi) is 3.37. The number of halogens is 3. The highest BCUT2D eigenvalue weighted by molar-refractivity contribution is 5.94. The van der Waals surface area contributed by atoms with Crippen molar-refractivity contribution in [2.75, 3.05) is 5.32 Å². The molecule has 0 saturated carbocycles. The largest absolute Gasteiger partial charge is 0.478 e. The van der Waals surface area contributed by atoms with Crippen molar-refractivity contribution >= 4 is 17.3 Å². The Bertz CT molecular complexity index is 647.